The van der Waals surface area contributed by atoms with Crippen LogP contribution in [0.15, 0.2) is 97.1 Å². The van der Waals surface area contributed by atoms with Crippen molar-refractivity contribution in [2.24, 2.45) is 0 Å². The fraction of sp³-hybridized carbons (Fsp3) is 0.111. The minimum Gasteiger partial charge on any atom is -0.489 e. The maximum Gasteiger partial charge on any atom is 0.302 e. The molecule has 4 aromatic carbocycles. The lowest BCUT2D eigenvalue weighted by Crippen LogP contribution is -2.01. The molecule has 0 amide bonds. The zero-order valence-corrected chi connectivity index (χ0v) is 17.6. The molecule has 0 bridgehead atoms. The highest BCUT2D eigenvalue weighted by molar-refractivity contribution is 6.08. The van der Waals surface area contributed by atoms with E-state index in [4.69, 9.17) is 4.74 Å². The Morgan fingerprint density at radius 1 is 0.710 bits per heavy atom. The first-order valence-corrected chi connectivity index (χ1v) is 9.91. The van der Waals surface area contributed by atoms with Crippen molar-refractivity contribution >= 4 is 22.5 Å². The zero-order valence-electron chi connectivity index (χ0n) is 17.6. The molecule has 0 saturated heterocycles. The van der Waals surface area contributed by atoms with Gasteiger partial charge in [-0.05, 0) is 46.7 Å². The molecule has 0 spiro atoms. The summed E-state index contributed by atoms with van der Waals surface area (Å²) in [4.78, 5) is 22.0. The van der Waals surface area contributed by atoms with E-state index in [0.29, 0.717) is 17.7 Å². The number of hydrogen-bond acceptors (Lipinski definition) is 4. The molecule has 0 fully saturated rings. The first-order valence-electron chi connectivity index (χ1n) is 9.91. The monoisotopic (exact) mass is 412 g/mol. The lowest BCUT2D eigenvalue weighted by Gasteiger charge is -2.08. The molecule has 31 heavy (non-hydrogen) atoms. The van der Waals surface area contributed by atoms with Crippen molar-refractivity contribution in [1.29, 1.82) is 0 Å². The maximum atomic E-state index is 12.4. The number of rotatable bonds is 5. The molecule has 4 nitrogen and oxygen atoms in total. The number of ketones is 1. The molecular weight excluding hydrogens is 388 g/mol. The van der Waals surface area contributed by atoms with Gasteiger partial charge in [0.25, 0.3) is 0 Å². The summed E-state index contributed by atoms with van der Waals surface area (Å²) >= 11 is 0. The van der Waals surface area contributed by atoms with E-state index >= 15 is 0 Å². The van der Waals surface area contributed by atoms with Gasteiger partial charge in [0.05, 0.1) is 7.11 Å². The Hall–Kier alpha value is -3.92. The first-order chi connectivity index (χ1) is 15.1. The molecule has 0 aromatic heterocycles. The van der Waals surface area contributed by atoms with Gasteiger partial charge in [0.2, 0.25) is 0 Å². The number of benzene rings is 4. The Kier molecular flexibility index (Phi) is 7.55. The Morgan fingerprint density at radius 2 is 1.29 bits per heavy atom. The number of ether oxygens (including phenoxy) is 2. The Balaban J connectivity index is 0.000000491. The highest BCUT2D eigenvalue weighted by atomic mass is 16.5. The van der Waals surface area contributed by atoms with E-state index in [0.717, 1.165) is 11.3 Å². The third kappa shape index (κ3) is 6.28. The summed E-state index contributed by atoms with van der Waals surface area (Å²) in [5.41, 5.74) is 2.47. The summed E-state index contributed by atoms with van der Waals surface area (Å²) < 4.78 is 9.98. The van der Waals surface area contributed by atoms with Crippen molar-refractivity contribution in [2.45, 2.75) is 13.5 Å². The van der Waals surface area contributed by atoms with E-state index in [9.17, 15) is 9.59 Å². The van der Waals surface area contributed by atoms with Gasteiger partial charge in [0.1, 0.15) is 12.4 Å². The molecule has 0 aliphatic rings. The SMILES string of the molecule is COC(C)=O.O=C(c1ccccc1)c1ccc(OCc2ccc3ccccc3c2)cc1. The van der Waals surface area contributed by atoms with Crippen LogP contribution in [0.1, 0.15) is 28.4 Å². The molecule has 0 aliphatic carbocycles. The lowest BCUT2D eigenvalue weighted by molar-refractivity contribution is -0.137. The summed E-state index contributed by atoms with van der Waals surface area (Å²) in [5.74, 6) is 0.527. The number of esters is 1. The lowest BCUT2D eigenvalue weighted by atomic mass is 10.0. The Morgan fingerprint density at radius 3 is 1.94 bits per heavy atom. The van der Waals surface area contributed by atoms with E-state index in [1.165, 1.54) is 24.8 Å². The van der Waals surface area contributed by atoms with Crippen LogP contribution in [0.2, 0.25) is 0 Å². The Bertz CT molecular complexity index is 1150. The van der Waals surface area contributed by atoms with Crippen molar-refractivity contribution in [3.05, 3.63) is 114 Å². The summed E-state index contributed by atoms with van der Waals surface area (Å²) in [5, 5.41) is 2.43. The molecule has 0 unspecified atom stereocenters. The average Bonchev–Trinajstić information content (AvgIpc) is 2.83. The fourth-order valence-corrected chi connectivity index (χ4v) is 2.95. The van der Waals surface area contributed by atoms with Crippen molar-refractivity contribution < 1.29 is 19.1 Å². The van der Waals surface area contributed by atoms with Crippen LogP contribution in [0.5, 0.6) is 5.75 Å². The third-order valence-corrected chi connectivity index (χ3v) is 4.66. The quantitative estimate of drug-likeness (QED) is 0.306. The van der Waals surface area contributed by atoms with E-state index in [1.807, 2.05) is 66.7 Å². The van der Waals surface area contributed by atoms with Crippen LogP contribution in [0.3, 0.4) is 0 Å². The van der Waals surface area contributed by atoms with Crippen molar-refractivity contribution in [3.63, 3.8) is 0 Å². The zero-order chi connectivity index (χ0) is 22.1. The van der Waals surface area contributed by atoms with Crippen molar-refractivity contribution in [2.75, 3.05) is 7.11 Å². The third-order valence-electron chi connectivity index (χ3n) is 4.66. The minimum atomic E-state index is -0.245. The fourth-order valence-electron chi connectivity index (χ4n) is 2.95. The second-order valence-corrected chi connectivity index (χ2v) is 6.89. The van der Waals surface area contributed by atoms with Crippen LogP contribution >= 0.6 is 0 Å². The van der Waals surface area contributed by atoms with E-state index in [1.54, 1.807) is 0 Å². The van der Waals surface area contributed by atoms with Gasteiger partial charge in [-0.15, -0.1) is 0 Å². The number of hydrogen-bond donors (Lipinski definition) is 0. The molecule has 0 radical (unpaired) electrons. The van der Waals surface area contributed by atoms with Gasteiger partial charge < -0.3 is 9.47 Å². The molecule has 0 heterocycles. The van der Waals surface area contributed by atoms with E-state index in [-0.39, 0.29) is 11.8 Å². The summed E-state index contributed by atoms with van der Waals surface area (Å²) in [7, 11) is 1.35. The van der Waals surface area contributed by atoms with Crippen LogP contribution < -0.4 is 4.74 Å². The molecule has 0 N–H and O–H groups in total. The molecular formula is C27H24O4. The normalized spacial score (nSPS) is 10.0. The van der Waals surface area contributed by atoms with Crippen LogP contribution in [-0.2, 0) is 16.1 Å². The highest BCUT2D eigenvalue weighted by Crippen LogP contribution is 2.19. The topological polar surface area (TPSA) is 52.6 Å². The standard InChI is InChI=1S/C24H18O2.C3H6O2/c25-24(20-7-2-1-3-8-20)21-12-14-23(15-13-21)26-17-18-10-11-19-6-4-5-9-22(19)16-18;1-3(4)5-2/h1-16H,17H2;1-2H3. The maximum absolute atomic E-state index is 12.4. The van der Waals surface area contributed by atoms with Gasteiger partial charge in [-0.3, -0.25) is 9.59 Å². The minimum absolute atomic E-state index is 0.0201. The molecule has 4 rings (SSSR count). The van der Waals surface area contributed by atoms with Crippen LogP contribution in [-0.4, -0.2) is 18.9 Å². The second-order valence-electron chi connectivity index (χ2n) is 6.89. The molecule has 0 aliphatic heterocycles. The van der Waals surface area contributed by atoms with E-state index < -0.39 is 0 Å². The summed E-state index contributed by atoms with van der Waals surface area (Å²) in [6, 6.07) is 31.2. The van der Waals surface area contributed by atoms with Gasteiger partial charge in [-0.1, -0.05) is 66.7 Å². The predicted octanol–water partition coefficient (Wildman–Crippen LogP) is 5.83. The van der Waals surface area contributed by atoms with Crippen molar-refractivity contribution in [1.82, 2.24) is 0 Å². The average molecular weight is 412 g/mol. The smallest absolute Gasteiger partial charge is 0.302 e. The number of methoxy groups -OCH3 is 1. The summed E-state index contributed by atoms with van der Waals surface area (Å²) in [6.45, 7) is 1.86. The van der Waals surface area contributed by atoms with Gasteiger partial charge in [0.15, 0.2) is 5.78 Å². The molecule has 156 valence electrons. The summed E-state index contributed by atoms with van der Waals surface area (Å²) in [6.07, 6.45) is 0. The number of carbonyl (C=O) groups excluding carboxylic acids is 2. The molecule has 4 heteroatoms. The van der Waals surface area contributed by atoms with Gasteiger partial charge in [-0.2, -0.15) is 0 Å². The van der Waals surface area contributed by atoms with Gasteiger partial charge in [0, 0.05) is 18.1 Å². The number of fused-ring (bicyclic) bond motifs is 1. The second kappa shape index (κ2) is 10.7. The van der Waals surface area contributed by atoms with Gasteiger partial charge >= 0.3 is 5.97 Å². The largest absolute Gasteiger partial charge is 0.489 e. The highest BCUT2D eigenvalue weighted by Gasteiger charge is 2.08. The molecule has 0 saturated carbocycles. The van der Waals surface area contributed by atoms with Gasteiger partial charge in [-0.25, -0.2) is 0 Å². The first kappa shape index (κ1) is 21.8. The van der Waals surface area contributed by atoms with Crippen LogP contribution in [0.25, 0.3) is 10.8 Å². The number of carbonyl (C=O) groups is 2. The molecule has 4 aromatic rings. The van der Waals surface area contributed by atoms with Crippen LogP contribution in [0.4, 0.5) is 0 Å². The predicted molar refractivity (Wildman–Crippen MR) is 122 cm³/mol. The van der Waals surface area contributed by atoms with E-state index in [2.05, 4.69) is 35.1 Å². The van der Waals surface area contributed by atoms with Crippen LogP contribution in [0, 0.1) is 0 Å². The molecule has 0 atom stereocenters. The Labute approximate surface area is 182 Å². The van der Waals surface area contributed by atoms with Crippen molar-refractivity contribution in [3.8, 4) is 5.75 Å².